The van der Waals surface area contributed by atoms with Crippen molar-refractivity contribution in [3.05, 3.63) is 101 Å². The molecule has 0 saturated carbocycles. The summed E-state index contributed by atoms with van der Waals surface area (Å²) in [6, 6.07) is 22.2. The van der Waals surface area contributed by atoms with Crippen molar-refractivity contribution in [3.63, 3.8) is 0 Å². The Morgan fingerprint density at radius 3 is 1.94 bits per heavy atom. The summed E-state index contributed by atoms with van der Waals surface area (Å²) < 4.78 is 1.51. The Kier molecular flexibility index (Phi) is 5.81. The zero-order valence-electron chi connectivity index (χ0n) is 18.1. The minimum absolute atomic E-state index is 0.0971. The van der Waals surface area contributed by atoms with Crippen LogP contribution in [0, 0.1) is 20.8 Å². The van der Waals surface area contributed by atoms with Gasteiger partial charge in [-0.1, -0.05) is 48.5 Å². The summed E-state index contributed by atoms with van der Waals surface area (Å²) in [6.07, 6.45) is 0. The molecule has 0 radical (unpaired) electrons. The molecule has 4 rings (SSSR count). The van der Waals surface area contributed by atoms with Crippen molar-refractivity contribution >= 4 is 23.7 Å². The molecule has 0 spiro atoms. The van der Waals surface area contributed by atoms with Gasteiger partial charge in [-0.3, -0.25) is 20.2 Å². The topological polar surface area (TPSA) is 88.9 Å². The molecule has 4 aromatic rings. The summed E-state index contributed by atoms with van der Waals surface area (Å²) in [6.45, 7) is 5.70. The number of aryl methyl sites for hydroxylation is 3. The van der Waals surface area contributed by atoms with Crippen molar-refractivity contribution in [2.45, 2.75) is 20.8 Å². The summed E-state index contributed by atoms with van der Waals surface area (Å²) in [5.41, 5.74) is 4.51. The number of carbonyl (C=O) groups excluding carboxylic acids is 2. The molecule has 0 aliphatic carbocycles. The molecule has 2 N–H and O–H groups in total. The van der Waals surface area contributed by atoms with Crippen LogP contribution in [-0.4, -0.2) is 26.6 Å². The normalized spacial score (nSPS) is 10.6. The average molecular weight is 425 g/mol. The monoisotopic (exact) mass is 425 g/mol. The number of aromatic nitrogens is 3. The SMILES string of the molecule is Cc1cccc(-n2nc(NC(=O)c3ccccc3C)nc2NC(=O)c2ccccc2C)c1. The summed E-state index contributed by atoms with van der Waals surface area (Å²) in [7, 11) is 0. The van der Waals surface area contributed by atoms with E-state index >= 15 is 0 Å². The maximum Gasteiger partial charge on any atom is 0.258 e. The van der Waals surface area contributed by atoms with Gasteiger partial charge in [0.2, 0.25) is 5.95 Å². The Morgan fingerprint density at radius 2 is 1.34 bits per heavy atom. The van der Waals surface area contributed by atoms with Crippen molar-refractivity contribution in [1.82, 2.24) is 14.8 Å². The third-order valence-electron chi connectivity index (χ3n) is 5.08. The molecule has 160 valence electrons. The fourth-order valence-corrected chi connectivity index (χ4v) is 3.38. The molecule has 2 amide bonds. The predicted octanol–water partition coefficient (Wildman–Crippen LogP) is 4.70. The summed E-state index contributed by atoms with van der Waals surface area (Å²) in [5, 5.41) is 10.0. The second-order valence-electron chi connectivity index (χ2n) is 7.55. The van der Waals surface area contributed by atoms with E-state index in [4.69, 9.17) is 0 Å². The molecule has 7 heteroatoms. The number of anilines is 2. The highest BCUT2D eigenvalue weighted by Crippen LogP contribution is 2.20. The number of nitrogens with one attached hydrogen (secondary N) is 2. The molecule has 0 atom stereocenters. The molecule has 0 fully saturated rings. The van der Waals surface area contributed by atoms with Gasteiger partial charge in [-0.15, -0.1) is 5.10 Å². The van der Waals surface area contributed by atoms with E-state index in [1.54, 1.807) is 24.3 Å². The van der Waals surface area contributed by atoms with E-state index in [0.29, 0.717) is 16.8 Å². The maximum atomic E-state index is 12.9. The van der Waals surface area contributed by atoms with Gasteiger partial charge < -0.3 is 0 Å². The molecular weight excluding hydrogens is 402 g/mol. The summed E-state index contributed by atoms with van der Waals surface area (Å²) >= 11 is 0. The van der Waals surface area contributed by atoms with Crippen LogP contribution in [0.3, 0.4) is 0 Å². The lowest BCUT2D eigenvalue weighted by Gasteiger charge is -2.09. The van der Waals surface area contributed by atoms with Crippen LogP contribution in [0.15, 0.2) is 72.8 Å². The van der Waals surface area contributed by atoms with Gasteiger partial charge >= 0.3 is 0 Å². The Balaban J connectivity index is 1.69. The number of nitrogens with zero attached hydrogens (tertiary/aromatic N) is 3. The van der Waals surface area contributed by atoms with Crippen molar-refractivity contribution in [3.8, 4) is 5.69 Å². The van der Waals surface area contributed by atoms with Crippen molar-refractivity contribution < 1.29 is 9.59 Å². The highest BCUT2D eigenvalue weighted by Gasteiger charge is 2.19. The molecule has 0 aliphatic rings. The molecule has 0 bridgehead atoms. The van der Waals surface area contributed by atoms with Crippen LogP contribution in [0.1, 0.15) is 37.4 Å². The number of amides is 2. The van der Waals surface area contributed by atoms with Crippen LogP contribution < -0.4 is 10.6 Å². The second kappa shape index (κ2) is 8.85. The highest BCUT2D eigenvalue weighted by atomic mass is 16.2. The quantitative estimate of drug-likeness (QED) is 0.485. The molecule has 0 saturated heterocycles. The van der Waals surface area contributed by atoms with E-state index in [1.807, 2.05) is 69.3 Å². The first-order valence-electron chi connectivity index (χ1n) is 10.2. The number of hydrogen-bond acceptors (Lipinski definition) is 4. The lowest BCUT2D eigenvalue weighted by atomic mass is 10.1. The third kappa shape index (κ3) is 4.41. The molecule has 1 aromatic heterocycles. The predicted molar refractivity (Wildman–Crippen MR) is 124 cm³/mol. The molecular formula is C25H23N5O2. The average Bonchev–Trinajstić information content (AvgIpc) is 3.16. The Bertz CT molecular complexity index is 1310. The molecule has 7 nitrogen and oxygen atoms in total. The van der Waals surface area contributed by atoms with Gasteiger partial charge in [-0.25, -0.2) is 0 Å². The zero-order chi connectivity index (χ0) is 22.7. The van der Waals surface area contributed by atoms with E-state index in [2.05, 4.69) is 20.7 Å². The van der Waals surface area contributed by atoms with Gasteiger partial charge in [-0.2, -0.15) is 9.67 Å². The van der Waals surface area contributed by atoms with Crippen LogP contribution in [0.5, 0.6) is 0 Å². The Labute approximate surface area is 186 Å². The molecule has 0 unspecified atom stereocenters. The van der Waals surface area contributed by atoms with Gasteiger partial charge in [0.25, 0.3) is 17.8 Å². The summed E-state index contributed by atoms with van der Waals surface area (Å²) in [5.74, 6) is -0.314. The van der Waals surface area contributed by atoms with E-state index in [1.165, 1.54) is 4.68 Å². The van der Waals surface area contributed by atoms with Gasteiger partial charge in [0.1, 0.15) is 0 Å². The van der Waals surface area contributed by atoms with Gasteiger partial charge in [0.15, 0.2) is 0 Å². The number of benzene rings is 3. The minimum Gasteiger partial charge on any atom is -0.290 e. The first kappa shape index (κ1) is 21.0. The van der Waals surface area contributed by atoms with Gasteiger partial charge in [-0.05, 0) is 61.7 Å². The minimum atomic E-state index is -0.318. The standard InChI is InChI=1S/C25H23N5O2/c1-16-9-8-12-19(15-16)30-25(27-23(32)21-14-7-5-11-18(21)3)28-24(29-30)26-22(31)20-13-6-4-10-17(20)2/h4-15H,1-3H3,(H2,26,27,28,29,31,32). The number of hydrogen-bond donors (Lipinski definition) is 2. The van der Waals surface area contributed by atoms with Crippen LogP contribution in [0.2, 0.25) is 0 Å². The Morgan fingerprint density at radius 1 is 0.750 bits per heavy atom. The fourth-order valence-electron chi connectivity index (χ4n) is 3.38. The first-order chi connectivity index (χ1) is 15.4. The van der Waals surface area contributed by atoms with Crippen LogP contribution in [-0.2, 0) is 0 Å². The fraction of sp³-hybridized carbons (Fsp3) is 0.120. The Hall–Kier alpha value is -4.26. The summed E-state index contributed by atoms with van der Waals surface area (Å²) in [4.78, 5) is 30.0. The molecule has 3 aromatic carbocycles. The molecule has 1 heterocycles. The van der Waals surface area contributed by atoms with Gasteiger partial charge in [0, 0.05) is 11.1 Å². The lowest BCUT2D eigenvalue weighted by Crippen LogP contribution is -2.17. The maximum absolute atomic E-state index is 12.9. The van der Waals surface area contributed by atoms with Crippen LogP contribution in [0.25, 0.3) is 5.69 Å². The van der Waals surface area contributed by atoms with E-state index < -0.39 is 0 Å². The largest absolute Gasteiger partial charge is 0.290 e. The van der Waals surface area contributed by atoms with E-state index in [-0.39, 0.29) is 23.7 Å². The third-order valence-corrected chi connectivity index (χ3v) is 5.08. The van der Waals surface area contributed by atoms with Gasteiger partial charge in [0.05, 0.1) is 5.69 Å². The van der Waals surface area contributed by atoms with E-state index in [0.717, 1.165) is 16.7 Å². The molecule has 0 aliphatic heterocycles. The lowest BCUT2D eigenvalue weighted by molar-refractivity contribution is 0.101. The number of carbonyl (C=O) groups is 2. The highest BCUT2D eigenvalue weighted by molar-refractivity contribution is 6.06. The number of rotatable bonds is 5. The zero-order valence-corrected chi connectivity index (χ0v) is 18.1. The van der Waals surface area contributed by atoms with Crippen molar-refractivity contribution in [2.75, 3.05) is 10.6 Å². The second-order valence-corrected chi connectivity index (χ2v) is 7.55. The van der Waals surface area contributed by atoms with E-state index in [9.17, 15) is 9.59 Å². The van der Waals surface area contributed by atoms with Crippen molar-refractivity contribution in [1.29, 1.82) is 0 Å². The first-order valence-corrected chi connectivity index (χ1v) is 10.2. The molecule has 32 heavy (non-hydrogen) atoms. The van der Waals surface area contributed by atoms with Crippen molar-refractivity contribution in [2.24, 2.45) is 0 Å². The van der Waals surface area contributed by atoms with Crippen LogP contribution >= 0.6 is 0 Å². The smallest absolute Gasteiger partial charge is 0.258 e. The van der Waals surface area contributed by atoms with Crippen LogP contribution in [0.4, 0.5) is 11.9 Å².